The molecule has 0 bridgehead atoms. The van der Waals surface area contributed by atoms with Crippen molar-refractivity contribution in [2.45, 2.75) is 74.6 Å². The molecule has 0 aromatic rings. The molecule has 0 atom stereocenters. The summed E-state index contributed by atoms with van der Waals surface area (Å²) in [6, 6.07) is 0. The topological polar surface area (TPSA) is 94.1 Å². The summed E-state index contributed by atoms with van der Waals surface area (Å²) in [6.07, 6.45) is 6.81. The van der Waals surface area contributed by atoms with Crippen LogP contribution in [0.25, 0.3) is 0 Å². The van der Waals surface area contributed by atoms with Crippen LogP contribution in [-0.4, -0.2) is 94.2 Å². The van der Waals surface area contributed by atoms with Gasteiger partial charge in [0.1, 0.15) is 0 Å². The van der Waals surface area contributed by atoms with E-state index < -0.39 is 32.5 Å². The molecule has 0 heterocycles. The SMILES string of the molecule is CCCCCCCCC(OC)(OC)C(OC)(OC)C(OC)(OC)C(OC)(OC)[Si]O. The van der Waals surface area contributed by atoms with Gasteiger partial charge in [0, 0.05) is 63.3 Å². The van der Waals surface area contributed by atoms with Crippen LogP contribution in [0.1, 0.15) is 51.9 Å². The third-order valence-corrected chi connectivity index (χ3v) is 6.79. The third kappa shape index (κ3) is 5.09. The van der Waals surface area contributed by atoms with Crippen molar-refractivity contribution in [3.8, 4) is 0 Å². The average molecular weight is 455 g/mol. The van der Waals surface area contributed by atoms with Crippen LogP contribution in [0.3, 0.4) is 0 Å². The standard InChI is InChI=1S/C20H42O9Si/c1-10-11-12-13-14-15-16-17(22-2,23-3)18(24-4,25-5)19(26-6,27-7)20(28-8,29-9)30-21/h21H,10-16H2,1-9H3. The summed E-state index contributed by atoms with van der Waals surface area (Å²) in [5.74, 6) is -5.26. The first-order valence-corrected chi connectivity index (χ1v) is 11.1. The minimum Gasteiger partial charge on any atom is -0.428 e. The first kappa shape index (κ1) is 29.9. The summed E-state index contributed by atoms with van der Waals surface area (Å²) in [5.41, 5.74) is -1.80. The molecule has 9 nitrogen and oxygen atoms in total. The molecule has 2 radical (unpaired) electrons. The highest BCUT2D eigenvalue weighted by atomic mass is 28.2. The van der Waals surface area contributed by atoms with E-state index in [2.05, 4.69) is 6.92 Å². The normalized spacial score (nSPS) is 13.8. The lowest BCUT2D eigenvalue weighted by atomic mass is 9.89. The van der Waals surface area contributed by atoms with Gasteiger partial charge in [0.05, 0.1) is 0 Å². The van der Waals surface area contributed by atoms with E-state index in [9.17, 15) is 4.80 Å². The lowest BCUT2D eigenvalue weighted by molar-refractivity contribution is -0.516. The van der Waals surface area contributed by atoms with Gasteiger partial charge < -0.3 is 42.7 Å². The minimum atomic E-state index is -1.94. The molecular formula is C20H42O9Si. The summed E-state index contributed by atoms with van der Waals surface area (Å²) in [4.78, 5) is 10.3. The van der Waals surface area contributed by atoms with Crippen LogP contribution >= 0.6 is 0 Å². The zero-order valence-electron chi connectivity index (χ0n) is 20.2. The Bertz CT molecular complexity index is 426. The maximum atomic E-state index is 10.3. The maximum absolute atomic E-state index is 10.3. The van der Waals surface area contributed by atoms with Gasteiger partial charge in [0.25, 0.3) is 11.6 Å². The van der Waals surface area contributed by atoms with E-state index in [-0.39, 0.29) is 0 Å². The summed E-state index contributed by atoms with van der Waals surface area (Å²) < 4.78 is 46.3. The first-order valence-electron chi connectivity index (χ1n) is 10.2. The molecule has 0 saturated carbocycles. The molecule has 0 spiro atoms. The van der Waals surface area contributed by atoms with Crippen molar-refractivity contribution in [1.29, 1.82) is 0 Å². The van der Waals surface area contributed by atoms with Crippen LogP contribution in [0.15, 0.2) is 0 Å². The van der Waals surface area contributed by atoms with Crippen LogP contribution in [-0.2, 0) is 37.9 Å². The van der Waals surface area contributed by atoms with E-state index in [1.807, 2.05) is 0 Å². The van der Waals surface area contributed by atoms with E-state index in [1.54, 1.807) is 0 Å². The monoisotopic (exact) mass is 454 g/mol. The number of hydrogen-bond donors (Lipinski definition) is 1. The second kappa shape index (κ2) is 14.1. The van der Waals surface area contributed by atoms with Gasteiger partial charge in [-0.3, -0.25) is 0 Å². The molecule has 0 rings (SSSR count). The smallest absolute Gasteiger partial charge is 0.309 e. The van der Waals surface area contributed by atoms with Gasteiger partial charge in [-0.2, -0.15) is 0 Å². The van der Waals surface area contributed by atoms with Crippen molar-refractivity contribution in [2.24, 2.45) is 0 Å². The molecule has 0 aromatic heterocycles. The summed E-state index contributed by atoms with van der Waals surface area (Å²) >= 11 is 0. The highest BCUT2D eigenvalue weighted by Gasteiger charge is 2.77. The van der Waals surface area contributed by atoms with Crippen LogP contribution in [0.4, 0.5) is 0 Å². The predicted octanol–water partition coefficient (Wildman–Crippen LogP) is 2.26. The maximum Gasteiger partial charge on any atom is 0.309 e. The van der Waals surface area contributed by atoms with E-state index >= 15 is 0 Å². The van der Waals surface area contributed by atoms with Crippen molar-refractivity contribution in [3.05, 3.63) is 0 Å². The molecule has 180 valence electrons. The summed E-state index contributed by atoms with van der Waals surface area (Å²) in [6.45, 7) is 2.18. The highest BCUT2D eigenvalue weighted by Crippen LogP contribution is 2.50. The third-order valence-electron chi connectivity index (χ3n) is 5.76. The Kier molecular flexibility index (Phi) is 14.0. The fourth-order valence-electron chi connectivity index (χ4n) is 4.13. The fraction of sp³-hybridized carbons (Fsp3) is 1.00. The molecule has 0 aliphatic carbocycles. The molecule has 0 amide bonds. The zero-order valence-corrected chi connectivity index (χ0v) is 21.2. The quantitative estimate of drug-likeness (QED) is 0.179. The van der Waals surface area contributed by atoms with Crippen molar-refractivity contribution in [2.75, 3.05) is 56.9 Å². The van der Waals surface area contributed by atoms with Gasteiger partial charge in [0.2, 0.25) is 11.2 Å². The van der Waals surface area contributed by atoms with E-state index in [0.29, 0.717) is 6.42 Å². The number of methoxy groups -OCH3 is 8. The predicted molar refractivity (Wildman–Crippen MR) is 113 cm³/mol. The van der Waals surface area contributed by atoms with Gasteiger partial charge in [-0.25, -0.2) is 0 Å². The van der Waals surface area contributed by atoms with Crippen LogP contribution < -0.4 is 0 Å². The molecule has 0 aliphatic heterocycles. The van der Waals surface area contributed by atoms with Crippen molar-refractivity contribution >= 4 is 9.76 Å². The van der Waals surface area contributed by atoms with Crippen molar-refractivity contribution in [3.63, 3.8) is 0 Å². The lowest BCUT2D eigenvalue weighted by Crippen LogP contribution is -2.81. The van der Waals surface area contributed by atoms with Crippen molar-refractivity contribution in [1.82, 2.24) is 0 Å². The first-order chi connectivity index (χ1) is 14.4. The Morgan fingerprint density at radius 1 is 0.567 bits per heavy atom. The van der Waals surface area contributed by atoms with Gasteiger partial charge in [-0.1, -0.05) is 39.0 Å². The summed E-state index contributed by atoms with van der Waals surface area (Å²) in [5, 5.41) is 0. The number of rotatable bonds is 19. The Morgan fingerprint density at radius 2 is 1.00 bits per heavy atom. The summed E-state index contributed by atoms with van der Waals surface area (Å²) in [7, 11) is 10.4. The Hall–Kier alpha value is -0.143. The van der Waals surface area contributed by atoms with Gasteiger partial charge in [0.15, 0.2) is 0 Å². The van der Waals surface area contributed by atoms with Crippen LogP contribution in [0, 0.1) is 0 Å². The highest BCUT2D eigenvalue weighted by molar-refractivity contribution is 6.30. The lowest BCUT2D eigenvalue weighted by Gasteiger charge is -2.58. The number of unbranched alkanes of at least 4 members (excludes halogenated alkanes) is 5. The molecule has 0 saturated heterocycles. The van der Waals surface area contributed by atoms with E-state index in [4.69, 9.17) is 37.9 Å². The molecule has 0 unspecified atom stereocenters. The second-order valence-corrected chi connectivity index (χ2v) is 7.75. The zero-order chi connectivity index (χ0) is 23.3. The van der Waals surface area contributed by atoms with Gasteiger partial charge >= 0.3 is 9.76 Å². The average Bonchev–Trinajstić information content (AvgIpc) is 2.80. The fourth-order valence-corrected chi connectivity index (χ4v) is 4.83. The second-order valence-electron chi connectivity index (χ2n) is 6.87. The molecule has 0 aliphatic rings. The Balaban J connectivity index is 6.39. The van der Waals surface area contributed by atoms with Crippen molar-refractivity contribution < 1.29 is 42.7 Å². The van der Waals surface area contributed by atoms with Gasteiger partial charge in [-0.15, -0.1) is 0 Å². The molecule has 0 fully saturated rings. The molecule has 1 N–H and O–H groups in total. The molecule has 30 heavy (non-hydrogen) atoms. The van der Waals surface area contributed by atoms with E-state index in [0.717, 1.165) is 19.3 Å². The molecule has 10 heteroatoms. The number of hydrogen-bond acceptors (Lipinski definition) is 9. The molecular weight excluding hydrogens is 412 g/mol. The molecule has 0 aromatic carbocycles. The van der Waals surface area contributed by atoms with Crippen LogP contribution in [0.5, 0.6) is 0 Å². The minimum absolute atomic E-state index is 0.403. The van der Waals surface area contributed by atoms with E-state index in [1.165, 1.54) is 76.1 Å². The number of ether oxygens (including phenoxy) is 8. The van der Waals surface area contributed by atoms with Gasteiger partial charge in [-0.05, 0) is 6.42 Å². The largest absolute Gasteiger partial charge is 0.428 e. The Morgan fingerprint density at radius 3 is 1.33 bits per heavy atom. The van der Waals surface area contributed by atoms with Crippen LogP contribution in [0.2, 0.25) is 0 Å². The Labute approximate surface area is 184 Å².